The highest BCUT2D eigenvalue weighted by Gasteiger charge is 2.31. The zero-order valence-corrected chi connectivity index (χ0v) is 15.4. The Morgan fingerprint density at radius 3 is 2.73 bits per heavy atom. The summed E-state index contributed by atoms with van der Waals surface area (Å²) in [6.45, 7) is 4.47. The van der Waals surface area contributed by atoms with Crippen molar-refractivity contribution in [2.24, 2.45) is 11.1 Å². The summed E-state index contributed by atoms with van der Waals surface area (Å²) in [7, 11) is -3.88. The highest BCUT2D eigenvalue weighted by Crippen LogP contribution is 2.21. The average molecular weight is 379 g/mol. The molecule has 1 saturated heterocycles. The van der Waals surface area contributed by atoms with Gasteiger partial charge in [0.05, 0.1) is 29.8 Å². The van der Waals surface area contributed by atoms with Gasteiger partial charge in [0.25, 0.3) is 5.91 Å². The average Bonchev–Trinajstić information content (AvgIpc) is 3.16. The van der Waals surface area contributed by atoms with E-state index in [-0.39, 0.29) is 28.3 Å². The predicted octanol–water partition coefficient (Wildman–Crippen LogP) is 0.926. The third-order valence-electron chi connectivity index (χ3n) is 4.44. The number of ether oxygens (including phenoxy) is 1. The van der Waals surface area contributed by atoms with Gasteiger partial charge in [-0.05, 0) is 31.5 Å². The van der Waals surface area contributed by atoms with Crippen LogP contribution in [-0.2, 0) is 21.2 Å². The van der Waals surface area contributed by atoms with E-state index in [2.05, 4.69) is 10.5 Å². The van der Waals surface area contributed by atoms with Gasteiger partial charge in [-0.2, -0.15) is 0 Å². The number of aromatic nitrogens is 1. The van der Waals surface area contributed by atoms with Gasteiger partial charge < -0.3 is 14.6 Å². The van der Waals surface area contributed by atoms with Crippen molar-refractivity contribution in [3.05, 3.63) is 46.8 Å². The summed E-state index contributed by atoms with van der Waals surface area (Å²) in [5, 5.41) is 11.9. The number of hydrogen-bond acceptors (Lipinski definition) is 6. The first-order chi connectivity index (χ1) is 12.2. The summed E-state index contributed by atoms with van der Waals surface area (Å²) in [5.74, 6) is 0.430. The minimum atomic E-state index is -3.88. The van der Waals surface area contributed by atoms with E-state index in [1.807, 2.05) is 13.0 Å². The van der Waals surface area contributed by atoms with Gasteiger partial charge in [-0.25, -0.2) is 13.6 Å². The van der Waals surface area contributed by atoms with Crippen molar-refractivity contribution >= 4 is 15.9 Å². The van der Waals surface area contributed by atoms with Gasteiger partial charge in [0, 0.05) is 24.0 Å². The lowest BCUT2D eigenvalue weighted by Crippen LogP contribution is -2.40. The molecule has 3 N–H and O–H groups in total. The van der Waals surface area contributed by atoms with Gasteiger partial charge in [-0.3, -0.25) is 4.79 Å². The third-order valence-corrected chi connectivity index (χ3v) is 5.35. The maximum atomic E-state index is 12.7. The molecule has 8 nitrogen and oxygen atoms in total. The smallest absolute Gasteiger partial charge is 0.251 e. The number of carbonyl (C=O) groups is 1. The number of nitrogens with zero attached hydrogens (tertiary/aromatic N) is 1. The topological polar surface area (TPSA) is 125 Å². The van der Waals surface area contributed by atoms with E-state index in [1.165, 1.54) is 12.1 Å². The van der Waals surface area contributed by atoms with Crippen LogP contribution in [0.25, 0.3) is 0 Å². The van der Waals surface area contributed by atoms with Crippen LogP contribution in [0.2, 0.25) is 0 Å². The number of primary sulfonamides is 1. The number of nitrogens with one attached hydrogen (secondary N) is 1. The van der Waals surface area contributed by atoms with Crippen molar-refractivity contribution in [3.63, 3.8) is 0 Å². The lowest BCUT2D eigenvalue weighted by atomic mass is 9.97. The number of sulfonamides is 1. The molecule has 1 amide bonds. The highest BCUT2D eigenvalue weighted by molar-refractivity contribution is 7.89. The molecular weight excluding hydrogens is 358 g/mol. The number of rotatable bonds is 5. The van der Waals surface area contributed by atoms with Crippen molar-refractivity contribution in [3.8, 4) is 0 Å². The molecule has 0 bridgehead atoms. The van der Waals surface area contributed by atoms with E-state index in [0.29, 0.717) is 25.2 Å². The second kappa shape index (κ2) is 7.18. The maximum absolute atomic E-state index is 12.7. The Kier molecular flexibility index (Phi) is 5.12. The van der Waals surface area contributed by atoms with Gasteiger partial charge >= 0.3 is 0 Å². The molecule has 1 aliphatic heterocycles. The molecule has 0 aliphatic carbocycles. The first-order valence-electron chi connectivity index (χ1n) is 8.18. The van der Waals surface area contributed by atoms with Crippen LogP contribution in [0.5, 0.6) is 0 Å². The fraction of sp³-hybridized carbons (Fsp3) is 0.412. The van der Waals surface area contributed by atoms with Crippen LogP contribution in [0.4, 0.5) is 0 Å². The summed E-state index contributed by atoms with van der Waals surface area (Å²) in [6.07, 6.45) is 0.599. The molecule has 1 aliphatic rings. The monoisotopic (exact) mass is 379 g/mol. The van der Waals surface area contributed by atoms with E-state index in [0.717, 1.165) is 11.5 Å². The van der Waals surface area contributed by atoms with E-state index in [4.69, 9.17) is 14.4 Å². The fourth-order valence-electron chi connectivity index (χ4n) is 3.00. The molecule has 0 unspecified atom stereocenters. The molecule has 3 rings (SSSR count). The molecule has 9 heteroatoms. The summed E-state index contributed by atoms with van der Waals surface area (Å²) >= 11 is 0. The van der Waals surface area contributed by atoms with E-state index in [9.17, 15) is 13.2 Å². The molecule has 2 heterocycles. The molecule has 0 radical (unpaired) electrons. The summed E-state index contributed by atoms with van der Waals surface area (Å²) in [5.41, 5.74) is 1.74. The van der Waals surface area contributed by atoms with Crippen LogP contribution >= 0.6 is 0 Å². The SMILES string of the molecule is Cc1cc(C[C@@H]2COC[C@@H]2NC(=O)c2cc(S(N)(=O)=O)ccc2C)on1. The zero-order chi connectivity index (χ0) is 18.9. The predicted molar refractivity (Wildman–Crippen MR) is 93.1 cm³/mol. The lowest BCUT2D eigenvalue weighted by Gasteiger charge is -2.19. The van der Waals surface area contributed by atoms with Crippen LogP contribution in [0, 0.1) is 19.8 Å². The van der Waals surface area contributed by atoms with Crippen molar-refractivity contribution in [2.45, 2.75) is 31.2 Å². The number of nitrogens with two attached hydrogens (primary N) is 1. The number of hydrogen-bond donors (Lipinski definition) is 2. The summed E-state index contributed by atoms with van der Waals surface area (Å²) in [6, 6.07) is 5.90. The second-order valence-electron chi connectivity index (χ2n) is 6.54. The van der Waals surface area contributed by atoms with Crippen LogP contribution in [0.15, 0.2) is 33.7 Å². The van der Waals surface area contributed by atoms with Gasteiger partial charge in [0.15, 0.2) is 0 Å². The Balaban J connectivity index is 1.74. The molecule has 0 saturated carbocycles. The summed E-state index contributed by atoms with van der Waals surface area (Å²) in [4.78, 5) is 12.6. The van der Waals surface area contributed by atoms with Crippen LogP contribution in [0.1, 0.15) is 27.4 Å². The Morgan fingerprint density at radius 1 is 1.31 bits per heavy atom. The van der Waals surface area contributed by atoms with Gasteiger partial charge in [0.2, 0.25) is 10.0 Å². The minimum absolute atomic E-state index is 0.0491. The molecule has 140 valence electrons. The first kappa shape index (κ1) is 18.6. The zero-order valence-electron chi connectivity index (χ0n) is 14.6. The first-order valence-corrected chi connectivity index (χ1v) is 9.73. The van der Waals surface area contributed by atoms with Crippen LogP contribution in [0.3, 0.4) is 0 Å². The maximum Gasteiger partial charge on any atom is 0.251 e. The second-order valence-corrected chi connectivity index (χ2v) is 8.10. The Hall–Kier alpha value is -2.23. The van der Waals surface area contributed by atoms with Crippen molar-refractivity contribution in [1.29, 1.82) is 0 Å². The van der Waals surface area contributed by atoms with E-state index in [1.54, 1.807) is 13.0 Å². The Labute approximate surface area is 151 Å². The van der Waals surface area contributed by atoms with Crippen molar-refractivity contribution in [2.75, 3.05) is 13.2 Å². The van der Waals surface area contributed by atoms with E-state index < -0.39 is 10.0 Å². The number of benzene rings is 1. The molecule has 26 heavy (non-hydrogen) atoms. The van der Waals surface area contributed by atoms with Gasteiger partial charge in [-0.15, -0.1) is 0 Å². The van der Waals surface area contributed by atoms with E-state index >= 15 is 0 Å². The molecule has 2 aromatic rings. The van der Waals surface area contributed by atoms with Crippen molar-refractivity contribution in [1.82, 2.24) is 10.5 Å². The number of aryl methyl sites for hydroxylation is 2. The minimum Gasteiger partial charge on any atom is -0.379 e. The highest BCUT2D eigenvalue weighted by atomic mass is 32.2. The fourth-order valence-corrected chi connectivity index (χ4v) is 3.54. The largest absolute Gasteiger partial charge is 0.379 e. The van der Waals surface area contributed by atoms with Crippen LogP contribution in [-0.4, -0.2) is 38.7 Å². The standard InChI is InChI=1S/C17H21N3O5S/c1-10-3-4-14(26(18,22)23)7-15(10)17(21)19-16-9-24-8-12(16)6-13-5-11(2)20-25-13/h3-5,7,12,16H,6,8-9H2,1-2H3,(H,19,21)(H2,18,22,23)/t12-,16+/m1/s1. The quantitative estimate of drug-likeness (QED) is 0.796. The molecule has 1 fully saturated rings. The normalized spacial score (nSPS) is 20.3. The molecule has 1 aromatic heterocycles. The lowest BCUT2D eigenvalue weighted by molar-refractivity contribution is 0.0923. The molecule has 1 aromatic carbocycles. The number of carbonyl (C=O) groups excluding carboxylic acids is 1. The Bertz CT molecular complexity index is 922. The summed E-state index contributed by atoms with van der Waals surface area (Å²) < 4.78 is 33.8. The molecule has 0 spiro atoms. The van der Waals surface area contributed by atoms with Crippen molar-refractivity contribution < 1.29 is 22.5 Å². The Morgan fingerprint density at radius 2 is 2.08 bits per heavy atom. The van der Waals surface area contributed by atoms with Gasteiger partial charge in [-0.1, -0.05) is 11.2 Å². The molecule has 2 atom stereocenters. The van der Waals surface area contributed by atoms with Gasteiger partial charge in [0.1, 0.15) is 5.76 Å². The molecular formula is C17H21N3O5S. The number of amides is 1. The third kappa shape index (κ3) is 4.12. The van der Waals surface area contributed by atoms with Crippen LogP contribution < -0.4 is 10.5 Å².